The van der Waals surface area contributed by atoms with Gasteiger partial charge in [0, 0.05) is 29.6 Å². The van der Waals surface area contributed by atoms with E-state index in [1.54, 1.807) is 0 Å². The number of benzene rings is 1. The Morgan fingerprint density at radius 2 is 1.95 bits per heavy atom. The number of fused-ring (bicyclic) bond motifs is 6. The van der Waals surface area contributed by atoms with Gasteiger partial charge in [0.15, 0.2) is 34.7 Å². The van der Waals surface area contributed by atoms with Gasteiger partial charge < -0.3 is 26.6 Å². The second-order valence-electron chi connectivity index (χ2n) is 12.0. The minimum Gasteiger partial charge on any atom is -0.505 e. The molecule has 2 aliphatic heterocycles. The van der Waals surface area contributed by atoms with Crippen molar-refractivity contribution in [1.29, 1.82) is 0 Å². The first-order valence-electron chi connectivity index (χ1n) is 13.9. The van der Waals surface area contributed by atoms with E-state index in [0.29, 0.717) is 25.1 Å². The number of aromatic hydroxyl groups is 1. The van der Waals surface area contributed by atoms with E-state index in [2.05, 4.69) is 10.6 Å². The van der Waals surface area contributed by atoms with Gasteiger partial charge in [-0.25, -0.2) is 4.39 Å². The van der Waals surface area contributed by atoms with Crippen LogP contribution in [0, 0.1) is 35.4 Å². The molecule has 11 nitrogen and oxygen atoms in total. The highest BCUT2D eigenvalue weighted by Crippen LogP contribution is 2.54. The molecule has 1 saturated heterocycles. The van der Waals surface area contributed by atoms with Gasteiger partial charge in [0.2, 0.25) is 5.91 Å². The van der Waals surface area contributed by atoms with Crippen molar-refractivity contribution in [3.8, 4) is 5.75 Å². The zero-order valence-electron chi connectivity index (χ0n) is 22.3. The van der Waals surface area contributed by atoms with Crippen molar-refractivity contribution in [2.24, 2.45) is 35.3 Å². The zero-order chi connectivity index (χ0) is 28.8. The van der Waals surface area contributed by atoms with Gasteiger partial charge in [-0.1, -0.05) is 6.92 Å². The number of ketones is 4. The van der Waals surface area contributed by atoms with Crippen molar-refractivity contribution in [3.63, 3.8) is 0 Å². The van der Waals surface area contributed by atoms with E-state index < -0.39 is 75.9 Å². The zero-order valence-corrected chi connectivity index (χ0v) is 22.3. The Morgan fingerprint density at radius 3 is 2.62 bits per heavy atom. The molecule has 1 aromatic carbocycles. The van der Waals surface area contributed by atoms with Crippen LogP contribution in [0.4, 0.5) is 10.1 Å². The van der Waals surface area contributed by atoms with Crippen LogP contribution in [0.25, 0.3) is 0 Å². The molecule has 6 rings (SSSR count). The Hall–Kier alpha value is -3.22. The molecule has 0 spiro atoms. The van der Waals surface area contributed by atoms with Crippen LogP contribution in [-0.2, 0) is 25.6 Å². The summed E-state index contributed by atoms with van der Waals surface area (Å²) >= 11 is 0. The topological polar surface area (TPSA) is 179 Å². The third-order valence-electron chi connectivity index (χ3n) is 9.90. The van der Waals surface area contributed by atoms with Crippen molar-refractivity contribution in [3.05, 3.63) is 22.5 Å². The van der Waals surface area contributed by atoms with E-state index >= 15 is 4.39 Å². The standard InChI is InChI=1S/C28H33FN4O7/c1-3-5-31-19-13-8-11-7-12-15(23(35)20-16(18(12)29)21-10(9-32-20)4-6-33(21)2)22(34)14(11)25(37)28(13,40)26(38)17(24(19)36)27(30)39/h10-11,13-14,17,19,21,31-32,35,40H,3-9H2,1-2H3,(H2,30,39). The molecule has 1 aromatic rings. The van der Waals surface area contributed by atoms with Gasteiger partial charge in [-0.2, -0.15) is 0 Å². The molecule has 3 aliphatic carbocycles. The molecule has 0 bridgehead atoms. The van der Waals surface area contributed by atoms with Crippen LogP contribution in [0.2, 0.25) is 0 Å². The van der Waals surface area contributed by atoms with Crippen LogP contribution in [0.15, 0.2) is 0 Å². The molecule has 8 atom stereocenters. The third-order valence-corrected chi connectivity index (χ3v) is 9.90. The highest BCUT2D eigenvalue weighted by atomic mass is 19.1. The number of likely N-dealkylation sites (tertiary alicyclic amines) is 1. The van der Waals surface area contributed by atoms with Crippen molar-refractivity contribution in [2.45, 2.75) is 50.3 Å². The Kier molecular flexibility index (Phi) is 6.17. The number of nitrogens with one attached hydrogen (secondary N) is 2. The minimum absolute atomic E-state index is 0.00466. The van der Waals surface area contributed by atoms with Gasteiger partial charge >= 0.3 is 0 Å². The maximum Gasteiger partial charge on any atom is 0.235 e. The molecule has 5 aliphatic rings. The maximum absolute atomic E-state index is 16.3. The number of carbonyl (C=O) groups excluding carboxylic acids is 5. The highest BCUT2D eigenvalue weighted by Gasteiger charge is 2.69. The van der Waals surface area contributed by atoms with Crippen LogP contribution >= 0.6 is 0 Å². The molecule has 2 saturated carbocycles. The van der Waals surface area contributed by atoms with E-state index in [1.807, 2.05) is 18.9 Å². The number of primary amides is 1. The number of amides is 1. The molecular formula is C28H33FN4O7. The Morgan fingerprint density at radius 1 is 1.23 bits per heavy atom. The van der Waals surface area contributed by atoms with E-state index in [0.717, 1.165) is 13.0 Å². The first-order chi connectivity index (χ1) is 18.9. The Bertz CT molecular complexity index is 1380. The second-order valence-corrected chi connectivity index (χ2v) is 12.0. The summed E-state index contributed by atoms with van der Waals surface area (Å²) in [4.78, 5) is 68.6. The summed E-state index contributed by atoms with van der Waals surface area (Å²) in [5.74, 6) is -12.1. The van der Waals surface area contributed by atoms with Crippen LogP contribution < -0.4 is 16.4 Å². The smallest absolute Gasteiger partial charge is 0.235 e. The number of rotatable bonds is 4. The fraction of sp³-hybridized carbons (Fsp3) is 0.607. The number of hydrogen-bond acceptors (Lipinski definition) is 10. The van der Waals surface area contributed by atoms with Crippen molar-refractivity contribution in [1.82, 2.24) is 10.2 Å². The summed E-state index contributed by atoms with van der Waals surface area (Å²) in [7, 11) is 1.89. The molecule has 1 amide bonds. The van der Waals surface area contributed by atoms with Gasteiger partial charge in [-0.3, -0.25) is 28.9 Å². The van der Waals surface area contributed by atoms with Gasteiger partial charge in [-0.05, 0) is 57.7 Å². The normalized spacial score (nSPS) is 36.8. The van der Waals surface area contributed by atoms with Crippen LogP contribution in [-0.4, -0.2) is 82.5 Å². The molecular weight excluding hydrogens is 523 g/mol. The Balaban J connectivity index is 1.47. The molecule has 3 fully saturated rings. The lowest BCUT2D eigenvalue weighted by Gasteiger charge is -2.51. The molecule has 6 N–H and O–H groups in total. The molecule has 214 valence electrons. The maximum atomic E-state index is 16.3. The molecule has 12 heteroatoms. The van der Waals surface area contributed by atoms with Gasteiger partial charge in [0.05, 0.1) is 23.2 Å². The number of nitrogens with two attached hydrogens (primary N) is 1. The monoisotopic (exact) mass is 556 g/mol. The fourth-order valence-electron chi connectivity index (χ4n) is 8.06. The number of Topliss-reactive ketones (excluding diaryl/α,β-unsaturated/α-hetero) is 4. The number of phenols is 1. The molecule has 2 heterocycles. The minimum atomic E-state index is -2.81. The average Bonchev–Trinajstić information content (AvgIpc) is 3.29. The summed E-state index contributed by atoms with van der Waals surface area (Å²) in [6.07, 6.45) is 1.21. The third kappa shape index (κ3) is 3.35. The van der Waals surface area contributed by atoms with E-state index in [9.17, 15) is 34.2 Å². The number of halogens is 1. The van der Waals surface area contributed by atoms with Crippen molar-refractivity contribution < 1.29 is 38.6 Å². The van der Waals surface area contributed by atoms with E-state index in [1.165, 1.54) is 0 Å². The summed E-state index contributed by atoms with van der Waals surface area (Å²) in [6.45, 7) is 3.37. The average molecular weight is 557 g/mol. The molecule has 0 radical (unpaired) electrons. The van der Waals surface area contributed by atoms with Gasteiger partial charge in [0.1, 0.15) is 11.6 Å². The lowest BCUT2D eigenvalue weighted by atomic mass is 9.52. The number of nitrogens with zero attached hydrogens (tertiary/aromatic N) is 1. The predicted molar refractivity (Wildman–Crippen MR) is 138 cm³/mol. The lowest BCUT2D eigenvalue weighted by Crippen LogP contribution is -2.74. The Labute approximate surface area is 229 Å². The second kappa shape index (κ2) is 9.15. The fourth-order valence-corrected chi connectivity index (χ4v) is 8.06. The summed E-state index contributed by atoms with van der Waals surface area (Å²) in [5.41, 5.74) is 2.64. The SMILES string of the molecule is CCCNC1C(=O)C(C(N)=O)C(=O)C2(O)C(=O)C3C(=O)c4c(O)c5c(c(F)c4CC3CC12)C1C(CCN1C)CN5. The van der Waals surface area contributed by atoms with Gasteiger partial charge in [0.25, 0.3) is 0 Å². The number of anilines is 1. The lowest BCUT2D eigenvalue weighted by molar-refractivity contribution is -0.178. The van der Waals surface area contributed by atoms with Crippen LogP contribution in [0.5, 0.6) is 5.75 Å². The van der Waals surface area contributed by atoms with Crippen molar-refractivity contribution >= 4 is 34.7 Å². The van der Waals surface area contributed by atoms with Crippen molar-refractivity contribution in [2.75, 3.05) is 32.0 Å². The summed E-state index contributed by atoms with van der Waals surface area (Å²) < 4.78 is 16.3. The van der Waals surface area contributed by atoms with E-state index in [4.69, 9.17) is 5.73 Å². The van der Waals surface area contributed by atoms with Crippen LogP contribution in [0.3, 0.4) is 0 Å². The molecule has 8 unspecified atom stereocenters. The quantitative estimate of drug-likeness (QED) is 0.248. The summed E-state index contributed by atoms with van der Waals surface area (Å²) in [5, 5.41) is 29.0. The number of phenolic OH excluding ortho intramolecular Hbond substituents is 1. The van der Waals surface area contributed by atoms with E-state index in [-0.39, 0.29) is 41.6 Å². The predicted octanol–water partition coefficient (Wildman–Crippen LogP) is -0.138. The van der Waals surface area contributed by atoms with Gasteiger partial charge in [-0.15, -0.1) is 0 Å². The summed E-state index contributed by atoms with van der Waals surface area (Å²) in [6, 6.07) is -1.51. The van der Waals surface area contributed by atoms with Crippen LogP contribution in [0.1, 0.15) is 53.7 Å². The number of hydrogen-bond donors (Lipinski definition) is 5. The molecule has 40 heavy (non-hydrogen) atoms. The highest BCUT2D eigenvalue weighted by molar-refractivity contribution is 6.32. The molecule has 0 aromatic heterocycles. The first kappa shape index (κ1) is 27.0. The first-order valence-corrected chi connectivity index (χ1v) is 13.9. The number of carbonyl (C=O) groups is 5. The number of aliphatic hydroxyl groups is 1. The largest absolute Gasteiger partial charge is 0.505 e.